The van der Waals surface area contributed by atoms with Crippen LogP contribution in [0.15, 0.2) is 58.2 Å². The van der Waals surface area contributed by atoms with Gasteiger partial charge >= 0.3 is 5.97 Å². The topological polar surface area (TPSA) is 64.7 Å². The fourth-order valence-electron chi connectivity index (χ4n) is 1.43. The lowest BCUT2D eigenvalue weighted by Gasteiger charge is -2.02. The Hall–Kier alpha value is -1.85. The van der Waals surface area contributed by atoms with Crippen molar-refractivity contribution in [1.29, 1.82) is 0 Å². The highest BCUT2D eigenvalue weighted by atomic mass is 79.9. The number of nitrogens with zero attached hydrogens (tertiary/aromatic N) is 1. The summed E-state index contributed by atoms with van der Waals surface area (Å²) >= 11 is 9.11. The summed E-state index contributed by atoms with van der Waals surface area (Å²) in [5, 5.41) is 4.06. The van der Waals surface area contributed by atoms with Crippen molar-refractivity contribution in [1.82, 2.24) is 0 Å². The largest absolute Gasteiger partial charge is 0.380 e. The Bertz CT molecular complexity index is 656. The first-order valence-corrected chi connectivity index (χ1v) is 6.79. The van der Waals surface area contributed by atoms with Gasteiger partial charge in [0.1, 0.15) is 0 Å². The van der Waals surface area contributed by atoms with Crippen molar-refractivity contribution in [2.75, 3.05) is 0 Å². The number of rotatable bonds is 3. The lowest BCUT2D eigenvalue weighted by atomic mass is 10.2. The van der Waals surface area contributed by atoms with Crippen molar-refractivity contribution in [3.05, 3.63) is 69.2 Å². The summed E-state index contributed by atoms with van der Waals surface area (Å²) in [5.74, 6) is -0.500. The number of halogens is 2. The molecule has 0 amide bonds. The number of hydrogen-bond donors (Lipinski definition) is 1. The van der Waals surface area contributed by atoms with E-state index in [2.05, 4.69) is 21.1 Å². The molecular weight excluding hydrogens is 344 g/mol. The van der Waals surface area contributed by atoms with Crippen LogP contribution >= 0.6 is 27.5 Å². The lowest BCUT2D eigenvalue weighted by Crippen LogP contribution is -2.15. The Kier molecular flexibility index (Phi) is 4.76. The monoisotopic (exact) mass is 352 g/mol. The highest BCUT2D eigenvalue weighted by Crippen LogP contribution is 2.12. The second-order valence-electron chi connectivity index (χ2n) is 3.87. The fourth-order valence-corrected chi connectivity index (χ4v) is 1.89. The van der Waals surface area contributed by atoms with Gasteiger partial charge < -0.3 is 10.6 Å². The molecule has 0 unspecified atom stereocenters. The van der Waals surface area contributed by atoms with Crippen LogP contribution in [0.2, 0.25) is 5.02 Å². The van der Waals surface area contributed by atoms with E-state index in [-0.39, 0.29) is 5.84 Å². The predicted octanol–water partition coefficient (Wildman–Crippen LogP) is 3.58. The first-order valence-electron chi connectivity index (χ1n) is 5.62. The molecule has 20 heavy (non-hydrogen) atoms. The third-order valence-corrected chi connectivity index (χ3v) is 3.19. The maximum atomic E-state index is 11.7. The Morgan fingerprint density at radius 1 is 1.15 bits per heavy atom. The number of oxime groups is 1. The Morgan fingerprint density at radius 2 is 1.85 bits per heavy atom. The van der Waals surface area contributed by atoms with Crippen LogP contribution < -0.4 is 5.73 Å². The van der Waals surface area contributed by atoms with Crippen molar-refractivity contribution in [2.24, 2.45) is 10.9 Å². The Labute approximate surface area is 129 Å². The molecule has 0 spiro atoms. The molecule has 0 radical (unpaired) electrons. The molecule has 0 aliphatic carbocycles. The molecule has 2 N–H and O–H groups in total. The minimum absolute atomic E-state index is 0.118. The summed E-state index contributed by atoms with van der Waals surface area (Å²) in [6.45, 7) is 0. The maximum Gasteiger partial charge on any atom is 0.365 e. The van der Waals surface area contributed by atoms with Gasteiger partial charge in [-0.2, -0.15) is 0 Å². The maximum absolute atomic E-state index is 11.7. The average Bonchev–Trinajstić information content (AvgIpc) is 2.45. The lowest BCUT2D eigenvalue weighted by molar-refractivity contribution is 0.0516. The van der Waals surface area contributed by atoms with E-state index in [1.54, 1.807) is 30.3 Å². The van der Waals surface area contributed by atoms with Crippen LogP contribution in [0, 0.1) is 0 Å². The molecule has 0 atom stereocenters. The highest BCUT2D eigenvalue weighted by molar-refractivity contribution is 9.10. The van der Waals surface area contributed by atoms with Crippen LogP contribution in [0.3, 0.4) is 0 Å². The summed E-state index contributed by atoms with van der Waals surface area (Å²) in [4.78, 5) is 16.5. The first kappa shape index (κ1) is 14.6. The highest BCUT2D eigenvalue weighted by Gasteiger charge is 2.08. The molecule has 0 aromatic heterocycles. The van der Waals surface area contributed by atoms with E-state index in [1.165, 1.54) is 6.07 Å². The quantitative estimate of drug-likeness (QED) is 0.397. The molecule has 0 saturated heterocycles. The normalized spacial score (nSPS) is 11.2. The molecule has 0 aliphatic rings. The van der Waals surface area contributed by atoms with E-state index in [9.17, 15) is 4.79 Å². The SMILES string of the molecule is N/C(=N\OC(=O)c1cccc(Cl)c1)c1ccc(Br)cc1. The van der Waals surface area contributed by atoms with E-state index in [1.807, 2.05) is 12.1 Å². The number of amidine groups is 1. The van der Waals surface area contributed by atoms with Gasteiger partial charge in [-0.15, -0.1) is 0 Å². The van der Waals surface area contributed by atoms with E-state index < -0.39 is 5.97 Å². The number of benzene rings is 2. The van der Waals surface area contributed by atoms with Crippen LogP contribution in [-0.4, -0.2) is 11.8 Å². The number of hydrogen-bond acceptors (Lipinski definition) is 3. The standard InChI is InChI=1S/C14H10BrClN2O2/c15-11-6-4-9(5-7-11)13(17)18-20-14(19)10-2-1-3-12(16)8-10/h1-8H,(H2,17,18). The van der Waals surface area contributed by atoms with E-state index in [0.717, 1.165) is 4.47 Å². The van der Waals surface area contributed by atoms with Gasteiger partial charge in [-0.05, 0) is 30.3 Å². The van der Waals surface area contributed by atoms with E-state index in [0.29, 0.717) is 16.1 Å². The summed E-state index contributed by atoms with van der Waals surface area (Å²) in [5.41, 5.74) is 6.70. The molecule has 0 bridgehead atoms. The minimum Gasteiger partial charge on any atom is -0.380 e. The van der Waals surface area contributed by atoms with Crippen molar-refractivity contribution in [3.63, 3.8) is 0 Å². The first-order chi connectivity index (χ1) is 9.56. The molecule has 2 aromatic carbocycles. The molecule has 2 aromatic rings. The van der Waals surface area contributed by atoms with Gasteiger partial charge in [0, 0.05) is 15.1 Å². The summed E-state index contributed by atoms with van der Waals surface area (Å²) < 4.78 is 0.921. The van der Waals surface area contributed by atoms with Crippen molar-refractivity contribution < 1.29 is 9.63 Å². The van der Waals surface area contributed by atoms with Crippen LogP contribution in [0.5, 0.6) is 0 Å². The third-order valence-electron chi connectivity index (χ3n) is 2.43. The Morgan fingerprint density at radius 3 is 2.50 bits per heavy atom. The van der Waals surface area contributed by atoms with Gasteiger partial charge in [0.25, 0.3) is 0 Å². The molecule has 2 rings (SSSR count). The molecule has 0 fully saturated rings. The second kappa shape index (κ2) is 6.54. The Balaban J connectivity index is 2.08. The van der Waals surface area contributed by atoms with Crippen LogP contribution in [0.4, 0.5) is 0 Å². The van der Waals surface area contributed by atoms with Crippen molar-refractivity contribution in [3.8, 4) is 0 Å². The molecule has 6 heteroatoms. The molecule has 4 nitrogen and oxygen atoms in total. The zero-order chi connectivity index (χ0) is 14.5. The molecule has 0 saturated carbocycles. The van der Waals surface area contributed by atoms with Gasteiger partial charge in [-0.25, -0.2) is 4.79 Å². The number of nitrogens with two attached hydrogens (primary N) is 1. The third kappa shape index (κ3) is 3.82. The minimum atomic E-state index is -0.618. The van der Waals surface area contributed by atoms with Crippen LogP contribution in [0.25, 0.3) is 0 Å². The van der Waals surface area contributed by atoms with Gasteiger partial charge in [-0.1, -0.05) is 50.9 Å². The van der Waals surface area contributed by atoms with Gasteiger partial charge in [0.05, 0.1) is 5.56 Å². The van der Waals surface area contributed by atoms with Crippen LogP contribution in [-0.2, 0) is 4.84 Å². The smallest absolute Gasteiger partial charge is 0.365 e. The molecular formula is C14H10BrClN2O2. The zero-order valence-electron chi connectivity index (χ0n) is 10.2. The van der Waals surface area contributed by atoms with Crippen molar-refractivity contribution >= 4 is 39.3 Å². The second-order valence-corrected chi connectivity index (χ2v) is 5.22. The fraction of sp³-hybridized carbons (Fsp3) is 0. The van der Waals surface area contributed by atoms with Gasteiger partial charge in [-0.3, -0.25) is 0 Å². The summed E-state index contributed by atoms with van der Waals surface area (Å²) in [6.07, 6.45) is 0. The number of carbonyl (C=O) groups excluding carboxylic acids is 1. The molecule has 102 valence electrons. The van der Waals surface area contributed by atoms with E-state index >= 15 is 0 Å². The van der Waals surface area contributed by atoms with Gasteiger partial charge in [0.15, 0.2) is 5.84 Å². The van der Waals surface area contributed by atoms with E-state index in [4.69, 9.17) is 22.2 Å². The average molecular weight is 354 g/mol. The predicted molar refractivity (Wildman–Crippen MR) is 81.7 cm³/mol. The zero-order valence-corrected chi connectivity index (χ0v) is 12.6. The molecule has 0 heterocycles. The summed E-state index contributed by atoms with van der Waals surface area (Å²) in [6, 6.07) is 13.5. The van der Waals surface area contributed by atoms with Crippen molar-refractivity contribution in [2.45, 2.75) is 0 Å². The molecule has 0 aliphatic heterocycles. The van der Waals surface area contributed by atoms with Crippen LogP contribution in [0.1, 0.15) is 15.9 Å². The van der Waals surface area contributed by atoms with Gasteiger partial charge in [0.2, 0.25) is 0 Å². The number of carbonyl (C=O) groups is 1. The summed E-state index contributed by atoms with van der Waals surface area (Å²) in [7, 11) is 0.